The number of carbonyl (C=O) groups excluding carboxylic acids is 1. The highest BCUT2D eigenvalue weighted by Crippen LogP contribution is 2.31. The molecule has 3 N–H and O–H groups in total. The average Bonchev–Trinajstić information content (AvgIpc) is 3.25. The minimum atomic E-state index is -2.57. The van der Waals surface area contributed by atoms with Gasteiger partial charge in [0.2, 0.25) is 0 Å². The summed E-state index contributed by atoms with van der Waals surface area (Å²) in [5, 5.41) is 9.54. The number of carbonyl (C=O) groups is 1. The number of fused-ring (bicyclic) bond motifs is 1. The number of anilines is 1. The second-order valence-corrected chi connectivity index (χ2v) is 8.22. The van der Waals surface area contributed by atoms with E-state index >= 15 is 0 Å². The fourth-order valence-electron chi connectivity index (χ4n) is 4.41. The van der Waals surface area contributed by atoms with Crippen molar-refractivity contribution >= 4 is 17.3 Å². The van der Waals surface area contributed by atoms with Gasteiger partial charge in [-0.05, 0) is 56.0 Å². The fourth-order valence-corrected chi connectivity index (χ4v) is 4.41. The average molecular weight is 445 g/mol. The highest BCUT2D eigenvalue weighted by molar-refractivity contribution is 6.03. The molecule has 3 aliphatic rings. The maximum atomic E-state index is 13.0. The molecule has 1 atom stereocenters. The molecule has 1 unspecified atom stereocenters. The zero-order chi connectivity index (χ0) is 22.5. The summed E-state index contributed by atoms with van der Waals surface area (Å²) in [6.07, 6.45) is 7.84. The van der Waals surface area contributed by atoms with Crippen LogP contribution in [-0.4, -0.2) is 43.3 Å². The van der Waals surface area contributed by atoms with Gasteiger partial charge in [0.05, 0.1) is 17.2 Å². The van der Waals surface area contributed by atoms with Crippen LogP contribution in [0.25, 0.3) is 0 Å². The van der Waals surface area contributed by atoms with E-state index < -0.39 is 13.1 Å². The third-order valence-electron chi connectivity index (χ3n) is 6.03. The van der Waals surface area contributed by atoms with Gasteiger partial charge < -0.3 is 16.0 Å². The van der Waals surface area contributed by atoms with Crippen molar-refractivity contribution in [3.63, 3.8) is 0 Å². The predicted octanol–water partition coefficient (Wildman–Crippen LogP) is 4.37. The van der Waals surface area contributed by atoms with E-state index in [0.29, 0.717) is 17.0 Å². The van der Waals surface area contributed by atoms with Crippen molar-refractivity contribution in [3.8, 4) is 0 Å². The summed E-state index contributed by atoms with van der Waals surface area (Å²) in [6, 6.07) is 7.37. The van der Waals surface area contributed by atoms with Gasteiger partial charge in [0.1, 0.15) is 12.4 Å². The smallest absolute Gasteiger partial charge is 0.280 e. The van der Waals surface area contributed by atoms with Crippen LogP contribution >= 0.6 is 0 Å². The summed E-state index contributed by atoms with van der Waals surface area (Å²) in [7, 11) is 0. The summed E-state index contributed by atoms with van der Waals surface area (Å²) >= 11 is 0. The standard InChI is InChI=1S/C24H27F3N4O/c25-12-13-28-19-5-2-1-4-17(19)24(32)30-16-10-8-15(9-11-16)29-20-6-3-7-21-18(20)14-22(31-21)23(26)27/h1-7,14-16,18,23,28-29H,8-13H2,(H,30,32)/t15-,16+,18?. The number of aliphatic imine (C=N–C) groups is 1. The number of rotatable bonds is 8. The number of amides is 1. The van der Waals surface area contributed by atoms with Crippen LogP contribution in [0.5, 0.6) is 0 Å². The van der Waals surface area contributed by atoms with Crippen molar-refractivity contribution in [3.05, 3.63) is 65.5 Å². The molecule has 0 aromatic heterocycles. The van der Waals surface area contributed by atoms with E-state index in [1.807, 2.05) is 18.2 Å². The molecular formula is C24H27F3N4O. The van der Waals surface area contributed by atoms with Crippen LogP contribution in [0.1, 0.15) is 36.0 Å². The Balaban J connectivity index is 1.30. The molecule has 1 aromatic rings. The Bertz CT molecular complexity index is 962. The summed E-state index contributed by atoms with van der Waals surface area (Å²) in [5.41, 5.74) is 2.50. The molecule has 0 saturated heterocycles. The topological polar surface area (TPSA) is 65.5 Å². The Hall–Kier alpha value is -3.03. The predicted molar refractivity (Wildman–Crippen MR) is 120 cm³/mol. The first-order chi connectivity index (χ1) is 15.5. The van der Waals surface area contributed by atoms with Crippen molar-refractivity contribution in [1.29, 1.82) is 0 Å². The molecule has 0 bridgehead atoms. The Labute approximate surface area is 185 Å². The highest BCUT2D eigenvalue weighted by atomic mass is 19.3. The first kappa shape index (κ1) is 22.2. The van der Waals surface area contributed by atoms with Gasteiger partial charge >= 0.3 is 0 Å². The van der Waals surface area contributed by atoms with Crippen molar-refractivity contribution in [2.45, 2.75) is 44.2 Å². The lowest BCUT2D eigenvalue weighted by Crippen LogP contribution is -2.43. The van der Waals surface area contributed by atoms with Crippen LogP contribution in [0.4, 0.5) is 18.9 Å². The van der Waals surface area contributed by atoms with Gasteiger partial charge in [0.15, 0.2) is 0 Å². The normalized spacial score (nSPS) is 24.4. The lowest BCUT2D eigenvalue weighted by Gasteiger charge is -2.32. The number of nitrogens with zero attached hydrogens (tertiary/aromatic N) is 1. The molecular weight excluding hydrogens is 417 g/mol. The second kappa shape index (κ2) is 10.1. The van der Waals surface area contributed by atoms with Gasteiger partial charge in [-0.1, -0.05) is 18.2 Å². The Kier molecular flexibility index (Phi) is 6.97. The third kappa shape index (κ3) is 5.06. The van der Waals surface area contributed by atoms with Gasteiger partial charge in [0.25, 0.3) is 12.3 Å². The highest BCUT2D eigenvalue weighted by Gasteiger charge is 2.30. The van der Waals surface area contributed by atoms with Crippen LogP contribution in [0.3, 0.4) is 0 Å². The molecule has 0 spiro atoms. The summed E-state index contributed by atoms with van der Waals surface area (Å²) in [4.78, 5) is 16.8. The first-order valence-electron chi connectivity index (χ1n) is 11.0. The quantitative estimate of drug-likeness (QED) is 0.558. The SMILES string of the molecule is O=C(N[C@H]1CC[C@@H](NC2=CC=CC3=NC(C(F)F)=CC23)CC1)c1ccccc1NCCF. The molecule has 5 nitrogen and oxygen atoms in total. The Morgan fingerprint density at radius 1 is 1.12 bits per heavy atom. The summed E-state index contributed by atoms with van der Waals surface area (Å²) in [5.74, 6) is -0.408. The molecule has 170 valence electrons. The number of halogens is 3. The lowest BCUT2D eigenvalue weighted by atomic mass is 9.89. The first-order valence-corrected chi connectivity index (χ1v) is 11.0. The molecule has 1 aliphatic heterocycles. The van der Waals surface area contributed by atoms with Gasteiger partial charge in [0, 0.05) is 30.0 Å². The van der Waals surface area contributed by atoms with E-state index in [9.17, 15) is 18.0 Å². The molecule has 1 saturated carbocycles. The number of alkyl halides is 3. The fraction of sp³-hybridized carbons (Fsp3) is 0.417. The number of para-hydroxylation sites is 1. The summed E-state index contributed by atoms with van der Waals surface area (Å²) in [6.45, 7) is -0.347. The maximum absolute atomic E-state index is 13.0. The molecule has 1 amide bonds. The molecule has 2 aliphatic carbocycles. The Morgan fingerprint density at radius 3 is 2.62 bits per heavy atom. The van der Waals surface area contributed by atoms with E-state index in [4.69, 9.17) is 0 Å². The van der Waals surface area contributed by atoms with E-state index in [-0.39, 0.29) is 36.2 Å². The second-order valence-electron chi connectivity index (χ2n) is 8.22. The van der Waals surface area contributed by atoms with E-state index in [0.717, 1.165) is 31.4 Å². The van der Waals surface area contributed by atoms with Crippen LogP contribution in [0.2, 0.25) is 0 Å². The molecule has 1 fully saturated rings. The zero-order valence-corrected chi connectivity index (χ0v) is 17.7. The van der Waals surface area contributed by atoms with E-state index in [1.165, 1.54) is 6.08 Å². The van der Waals surface area contributed by atoms with Crippen LogP contribution < -0.4 is 16.0 Å². The minimum Gasteiger partial charge on any atom is -0.385 e. The zero-order valence-electron chi connectivity index (χ0n) is 17.7. The molecule has 4 rings (SSSR count). The number of hydrogen-bond acceptors (Lipinski definition) is 4. The largest absolute Gasteiger partial charge is 0.385 e. The number of benzene rings is 1. The molecule has 1 aromatic carbocycles. The summed E-state index contributed by atoms with van der Waals surface area (Å²) < 4.78 is 38.5. The van der Waals surface area contributed by atoms with Crippen molar-refractivity contribution in [2.24, 2.45) is 10.9 Å². The maximum Gasteiger partial charge on any atom is 0.280 e. The van der Waals surface area contributed by atoms with E-state index in [1.54, 1.807) is 24.3 Å². The van der Waals surface area contributed by atoms with Gasteiger partial charge in [-0.15, -0.1) is 0 Å². The molecule has 0 radical (unpaired) electrons. The lowest BCUT2D eigenvalue weighted by molar-refractivity contribution is 0.0925. The van der Waals surface area contributed by atoms with Crippen LogP contribution in [0, 0.1) is 5.92 Å². The van der Waals surface area contributed by atoms with Gasteiger partial charge in [-0.3, -0.25) is 9.79 Å². The van der Waals surface area contributed by atoms with Gasteiger partial charge in [-0.2, -0.15) is 0 Å². The van der Waals surface area contributed by atoms with Gasteiger partial charge in [-0.25, -0.2) is 13.2 Å². The monoisotopic (exact) mass is 444 g/mol. The van der Waals surface area contributed by atoms with Crippen molar-refractivity contribution in [1.82, 2.24) is 10.6 Å². The van der Waals surface area contributed by atoms with Crippen molar-refractivity contribution in [2.75, 3.05) is 18.5 Å². The van der Waals surface area contributed by atoms with Crippen molar-refractivity contribution < 1.29 is 18.0 Å². The third-order valence-corrected chi connectivity index (χ3v) is 6.03. The van der Waals surface area contributed by atoms with Crippen LogP contribution in [0.15, 0.2) is 65.0 Å². The number of allylic oxidation sites excluding steroid dienone is 5. The number of nitrogens with one attached hydrogen (secondary N) is 3. The number of hydrogen-bond donors (Lipinski definition) is 3. The van der Waals surface area contributed by atoms with E-state index in [2.05, 4.69) is 20.9 Å². The molecule has 8 heteroatoms. The minimum absolute atomic E-state index is 0.0592. The Morgan fingerprint density at radius 2 is 1.88 bits per heavy atom. The van der Waals surface area contributed by atoms with Crippen LogP contribution in [-0.2, 0) is 0 Å². The molecule has 32 heavy (non-hydrogen) atoms. The molecule has 1 heterocycles.